The van der Waals surface area contributed by atoms with Crippen LogP contribution in [0, 0.1) is 19.8 Å². The Morgan fingerprint density at radius 1 is 1.10 bits per heavy atom. The number of benzene rings is 1. The largest absolute Gasteiger partial charge is 0.507 e. The van der Waals surface area contributed by atoms with Gasteiger partial charge in [0.1, 0.15) is 5.75 Å². The molecule has 1 saturated heterocycles. The number of hydrogen-bond donors (Lipinski definition) is 3. The fraction of sp³-hybridized carbons (Fsp3) is 0.667. The molecule has 3 heteroatoms. The summed E-state index contributed by atoms with van der Waals surface area (Å²) in [5.41, 5.74) is 3.04. The molecule has 3 N–H and O–H groups in total. The smallest absolute Gasteiger partial charge is 0.123 e. The quantitative estimate of drug-likeness (QED) is 0.794. The highest BCUT2D eigenvalue weighted by molar-refractivity contribution is 5.59. The maximum atomic E-state index is 10.1. The lowest BCUT2D eigenvalue weighted by Crippen LogP contribution is -2.44. The molecule has 3 atom stereocenters. The van der Waals surface area contributed by atoms with Gasteiger partial charge in [-0.3, -0.25) is 0 Å². The van der Waals surface area contributed by atoms with Crippen molar-refractivity contribution >= 4 is 5.69 Å². The number of hydrogen-bond acceptors (Lipinski definition) is 3. The number of phenols is 1. The summed E-state index contributed by atoms with van der Waals surface area (Å²) in [7, 11) is 0. The first-order chi connectivity index (χ1) is 10.2. The van der Waals surface area contributed by atoms with E-state index >= 15 is 0 Å². The molecule has 2 aliphatic rings. The van der Waals surface area contributed by atoms with Crippen LogP contribution in [0.3, 0.4) is 0 Å². The number of aromatic hydroxyl groups is 1. The number of rotatable bonds is 3. The van der Waals surface area contributed by atoms with Gasteiger partial charge in [-0.1, -0.05) is 18.9 Å². The van der Waals surface area contributed by atoms with Crippen molar-refractivity contribution in [3.8, 4) is 5.75 Å². The van der Waals surface area contributed by atoms with Crippen LogP contribution in [0.2, 0.25) is 0 Å². The first-order valence-electron chi connectivity index (χ1n) is 8.46. The van der Waals surface area contributed by atoms with Crippen LogP contribution < -0.4 is 10.6 Å². The number of aryl methyl sites for hydroxylation is 1. The Morgan fingerprint density at radius 3 is 2.71 bits per heavy atom. The average molecular weight is 288 g/mol. The molecule has 116 valence electrons. The highest BCUT2D eigenvalue weighted by atomic mass is 16.3. The molecule has 0 aromatic heterocycles. The van der Waals surface area contributed by atoms with E-state index in [4.69, 9.17) is 0 Å². The predicted octanol–water partition coefficient (Wildman–Crippen LogP) is 3.73. The summed E-state index contributed by atoms with van der Waals surface area (Å²) in [5.74, 6) is 1.17. The molecule has 0 spiro atoms. The summed E-state index contributed by atoms with van der Waals surface area (Å²) in [4.78, 5) is 0. The van der Waals surface area contributed by atoms with Crippen molar-refractivity contribution in [2.75, 3.05) is 11.9 Å². The molecule has 1 aromatic rings. The van der Waals surface area contributed by atoms with E-state index in [1.54, 1.807) is 0 Å². The van der Waals surface area contributed by atoms with Crippen LogP contribution in [0.25, 0.3) is 0 Å². The monoisotopic (exact) mass is 288 g/mol. The molecule has 0 bridgehead atoms. The fourth-order valence-corrected chi connectivity index (χ4v) is 4.09. The predicted molar refractivity (Wildman–Crippen MR) is 88.0 cm³/mol. The SMILES string of the molecule is Cc1ccc(NC2CCCC2C2CCCCN2)c(C)c1O. The van der Waals surface area contributed by atoms with Gasteiger partial charge in [-0.2, -0.15) is 0 Å². The number of nitrogens with one attached hydrogen (secondary N) is 2. The summed E-state index contributed by atoms with van der Waals surface area (Å²) < 4.78 is 0. The van der Waals surface area contributed by atoms with Gasteiger partial charge in [0.2, 0.25) is 0 Å². The zero-order valence-corrected chi connectivity index (χ0v) is 13.3. The summed E-state index contributed by atoms with van der Waals surface area (Å²) in [6, 6.07) is 5.35. The first-order valence-corrected chi connectivity index (χ1v) is 8.46. The van der Waals surface area contributed by atoms with E-state index in [0.717, 1.165) is 22.7 Å². The number of piperidine rings is 1. The lowest BCUT2D eigenvalue weighted by Gasteiger charge is -2.33. The number of phenolic OH excluding ortho intramolecular Hbond substituents is 1. The summed E-state index contributed by atoms with van der Waals surface area (Å²) in [6.07, 6.45) is 7.90. The minimum absolute atomic E-state index is 0.435. The Bertz CT molecular complexity index is 494. The highest BCUT2D eigenvalue weighted by Gasteiger charge is 2.34. The first kappa shape index (κ1) is 14.7. The van der Waals surface area contributed by atoms with Crippen molar-refractivity contribution in [3.05, 3.63) is 23.3 Å². The Hall–Kier alpha value is -1.22. The molecule has 0 radical (unpaired) electrons. The van der Waals surface area contributed by atoms with Gasteiger partial charge in [0.25, 0.3) is 0 Å². The second kappa shape index (κ2) is 6.27. The van der Waals surface area contributed by atoms with E-state index < -0.39 is 0 Å². The van der Waals surface area contributed by atoms with Crippen molar-refractivity contribution in [1.29, 1.82) is 0 Å². The molecule has 3 nitrogen and oxygen atoms in total. The van der Waals surface area contributed by atoms with Gasteiger partial charge in [-0.05, 0) is 63.6 Å². The van der Waals surface area contributed by atoms with Crippen LogP contribution in [0.5, 0.6) is 5.75 Å². The minimum Gasteiger partial charge on any atom is -0.507 e. The summed E-state index contributed by atoms with van der Waals surface area (Å²) in [6.45, 7) is 5.14. The maximum Gasteiger partial charge on any atom is 0.123 e. The van der Waals surface area contributed by atoms with Crippen LogP contribution in [0.4, 0.5) is 5.69 Å². The van der Waals surface area contributed by atoms with E-state index in [2.05, 4.69) is 16.7 Å². The molecule has 3 unspecified atom stereocenters. The molecule has 3 rings (SSSR count). The van der Waals surface area contributed by atoms with Gasteiger partial charge in [-0.25, -0.2) is 0 Å². The zero-order valence-electron chi connectivity index (χ0n) is 13.3. The zero-order chi connectivity index (χ0) is 14.8. The van der Waals surface area contributed by atoms with Gasteiger partial charge in [0.15, 0.2) is 0 Å². The van der Waals surface area contributed by atoms with Crippen molar-refractivity contribution in [3.63, 3.8) is 0 Å². The van der Waals surface area contributed by atoms with Gasteiger partial charge < -0.3 is 15.7 Å². The molecule has 1 aliphatic carbocycles. The lowest BCUT2D eigenvalue weighted by atomic mass is 9.88. The maximum absolute atomic E-state index is 10.1. The third kappa shape index (κ3) is 3.03. The fourth-order valence-electron chi connectivity index (χ4n) is 4.09. The topological polar surface area (TPSA) is 44.3 Å². The average Bonchev–Trinajstić information content (AvgIpc) is 2.97. The molecule has 1 heterocycles. The van der Waals surface area contributed by atoms with Gasteiger partial charge in [-0.15, -0.1) is 0 Å². The molecular formula is C18H28N2O. The third-order valence-corrected chi connectivity index (χ3v) is 5.41. The van der Waals surface area contributed by atoms with E-state index in [9.17, 15) is 5.11 Å². The van der Waals surface area contributed by atoms with E-state index in [1.807, 2.05) is 19.9 Å². The van der Waals surface area contributed by atoms with Crippen LogP contribution in [-0.4, -0.2) is 23.7 Å². The normalized spacial score (nSPS) is 29.5. The highest BCUT2D eigenvalue weighted by Crippen LogP contribution is 2.36. The third-order valence-electron chi connectivity index (χ3n) is 5.41. The Labute approximate surface area is 128 Å². The second-order valence-corrected chi connectivity index (χ2v) is 6.81. The Morgan fingerprint density at radius 2 is 1.95 bits per heavy atom. The van der Waals surface area contributed by atoms with Crippen LogP contribution in [0.1, 0.15) is 49.7 Å². The molecule has 0 amide bonds. The van der Waals surface area contributed by atoms with Gasteiger partial charge in [0, 0.05) is 23.3 Å². The van der Waals surface area contributed by atoms with Crippen LogP contribution in [-0.2, 0) is 0 Å². The van der Waals surface area contributed by atoms with Crippen molar-refractivity contribution in [2.24, 2.45) is 5.92 Å². The van der Waals surface area contributed by atoms with Gasteiger partial charge in [0.05, 0.1) is 0 Å². The minimum atomic E-state index is 0.435. The molecule has 2 fully saturated rings. The standard InChI is InChI=1S/C18H28N2O/c1-12-9-10-15(13(2)18(12)21)20-17-8-5-6-14(17)16-7-3-4-11-19-16/h9-10,14,16-17,19-21H,3-8,11H2,1-2H3. The van der Waals surface area contributed by atoms with Crippen LogP contribution in [0.15, 0.2) is 12.1 Å². The van der Waals surface area contributed by atoms with Crippen molar-refractivity contribution in [2.45, 2.75) is 64.5 Å². The van der Waals surface area contributed by atoms with Gasteiger partial charge >= 0.3 is 0 Å². The molecule has 1 aliphatic heterocycles. The van der Waals surface area contributed by atoms with Crippen LogP contribution >= 0.6 is 0 Å². The van der Waals surface area contributed by atoms with Crippen molar-refractivity contribution in [1.82, 2.24) is 5.32 Å². The molecule has 1 saturated carbocycles. The van der Waals surface area contributed by atoms with Crippen molar-refractivity contribution < 1.29 is 5.11 Å². The second-order valence-electron chi connectivity index (χ2n) is 6.81. The number of anilines is 1. The Kier molecular flexibility index (Phi) is 4.39. The summed E-state index contributed by atoms with van der Waals surface area (Å²) >= 11 is 0. The molecular weight excluding hydrogens is 260 g/mol. The van der Waals surface area contributed by atoms with E-state index in [0.29, 0.717) is 17.8 Å². The molecule has 21 heavy (non-hydrogen) atoms. The summed E-state index contributed by atoms with van der Waals surface area (Å²) in [5, 5.41) is 17.6. The lowest BCUT2D eigenvalue weighted by molar-refractivity contribution is 0.286. The van der Waals surface area contributed by atoms with E-state index in [-0.39, 0.29) is 0 Å². The molecule has 1 aromatic carbocycles. The Balaban J connectivity index is 1.72. The van der Waals surface area contributed by atoms with E-state index in [1.165, 1.54) is 45.1 Å².